The van der Waals surface area contributed by atoms with Gasteiger partial charge in [-0.05, 0) is 0 Å². The van der Waals surface area contributed by atoms with Crippen LogP contribution < -0.4 is 0 Å². The van der Waals surface area contributed by atoms with Crippen molar-refractivity contribution in [3.8, 4) is 12.1 Å². The summed E-state index contributed by atoms with van der Waals surface area (Å²) < 4.78 is 23.0. The van der Waals surface area contributed by atoms with Crippen LogP contribution in [-0.4, -0.2) is 30.8 Å². The first-order chi connectivity index (χ1) is 8.52. The molecule has 0 radical (unpaired) electrons. The van der Waals surface area contributed by atoms with E-state index < -0.39 is 24.0 Å². The Balaban J connectivity index is 4.49. The van der Waals surface area contributed by atoms with Crippen LogP contribution in [0, 0.1) is 22.7 Å². The molecule has 0 aromatic heterocycles. The van der Waals surface area contributed by atoms with Gasteiger partial charge in [0, 0.05) is 6.42 Å². The number of nitrogens with zero attached hydrogens (tertiary/aromatic N) is 2. The Morgan fingerprint density at radius 2 is 1.50 bits per heavy atom. The van der Waals surface area contributed by atoms with Crippen LogP contribution in [0.1, 0.15) is 26.2 Å². The van der Waals surface area contributed by atoms with E-state index in [0.29, 0.717) is 0 Å². The summed E-state index contributed by atoms with van der Waals surface area (Å²) in [5.41, 5.74) is -2.88. The summed E-state index contributed by atoms with van der Waals surface area (Å²) >= 11 is 0. The van der Waals surface area contributed by atoms with Crippen LogP contribution in [0.3, 0.4) is 0 Å². The van der Waals surface area contributed by atoms with Crippen LogP contribution in [0.25, 0.3) is 0 Å². The Bertz CT molecular complexity index is 351. The zero-order valence-corrected chi connectivity index (χ0v) is 9.94. The number of nitriles is 2. The van der Waals surface area contributed by atoms with Crippen LogP contribution >= 0.6 is 0 Å². The number of carbonyl (C=O) groups is 2. The Morgan fingerprint density at radius 1 is 1.11 bits per heavy atom. The molecular weight excluding hydrogens is 243 g/mol. The predicted molar refractivity (Wildman–Crippen MR) is 56.5 cm³/mol. The van der Waals surface area contributed by atoms with Gasteiger partial charge in [0.15, 0.2) is 0 Å². The molecule has 0 rings (SSSR count). The van der Waals surface area contributed by atoms with E-state index in [1.165, 1.54) is 6.92 Å². The van der Waals surface area contributed by atoms with Gasteiger partial charge in [0.25, 0.3) is 0 Å². The van der Waals surface area contributed by atoms with E-state index >= 15 is 0 Å². The number of rotatable bonds is 7. The van der Waals surface area contributed by atoms with E-state index in [2.05, 4.69) is 9.47 Å². The van der Waals surface area contributed by atoms with Gasteiger partial charge >= 0.3 is 17.6 Å². The maximum absolute atomic E-state index is 14.0. The molecule has 98 valence electrons. The van der Waals surface area contributed by atoms with E-state index in [0.717, 1.165) is 0 Å². The van der Waals surface area contributed by atoms with Crippen molar-refractivity contribution in [2.75, 3.05) is 13.2 Å². The maximum Gasteiger partial charge on any atom is 0.355 e. The minimum Gasteiger partial charge on any atom is -0.462 e. The van der Waals surface area contributed by atoms with Crippen molar-refractivity contribution < 1.29 is 23.5 Å². The van der Waals surface area contributed by atoms with Crippen molar-refractivity contribution in [2.45, 2.75) is 31.9 Å². The van der Waals surface area contributed by atoms with Crippen molar-refractivity contribution in [2.24, 2.45) is 0 Å². The third-order valence-corrected chi connectivity index (χ3v) is 2.03. The first-order valence-electron chi connectivity index (χ1n) is 5.30. The number of halogens is 1. The number of hydrogen-bond acceptors (Lipinski definition) is 6. The first kappa shape index (κ1) is 15.9. The van der Waals surface area contributed by atoms with E-state index in [9.17, 15) is 14.0 Å². The van der Waals surface area contributed by atoms with Crippen LogP contribution in [0.2, 0.25) is 0 Å². The summed E-state index contributed by atoms with van der Waals surface area (Å²) in [6.07, 6.45) is -0.617. The molecular formula is C11H13FN2O4. The van der Waals surface area contributed by atoms with E-state index in [-0.39, 0.29) is 26.1 Å². The van der Waals surface area contributed by atoms with Gasteiger partial charge in [-0.1, -0.05) is 6.92 Å². The highest BCUT2D eigenvalue weighted by Crippen LogP contribution is 2.20. The van der Waals surface area contributed by atoms with Crippen molar-refractivity contribution in [1.82, 2.24) is 0 Å². The van der Waals surface area contributed by atoms with Gasteiger partial charge in [-0.2, -0.15) is 10.5 Å². The average Bonchev–Trinajstić information content (AvgIpc) is 2.38. The third kappa shape index (κ3) is 4.38. The van der Waals surface area contributed by atoms with Crippen LogP contribution in [0.4, 0.5) is 4.39 Å². The molecule has 0 saturated carbocycles. The van der Waals surface area contributed by atoms with Gasteiger partial charge in [0.05, 0.1) is 25.0 Å². The Hall–Kier alpha value is -2.15. The fourth-order valence-corrected chi connectivity index (χ4v) is 0.980. The van der Waals surface area contributed by atoms with Gasteiger partial charge < -0.3 is 9.47 Å². The largest absolute Gasteiger partial charge is 0.462 e. The van der Waals surface area contributed by atoms with Crippen molar-refractivity contribution in [3.63, 3.8) is 0 Å². The molecule has 0 heterocycles. The number of alkyl halides is 1. The summed E-state index contributed by atoms with van der Waals surface area (Å²) in [4.78, 5) is 22.7. The van der Waals surface area contributed by atoms with E-state index in [1.807, 2.05) is 0 Å². The molecule has 0 unspecified atom stereocenters. The summed E-state index contributed by atoms with van der Waals surface area (Å²) in [7, 11) is 0. The standard InChI is InChI=1S/C11H13FN2O4/c1-2-11(12,9(15)17-7-3-5-13)10(16)18-8-4-6-14/h2-4,7-8H2,1H3. The molecule has 0 bridgehead atoms. The quantitative estimate of drug-likeness (QED) is 0.383. The summed E-state index contributed by atoms with van der Waals surface area (Å²) in [5.74, 6) is -2.75. The number of carbonyl (C=O) groups excluding carboxylic acids is 2. The molecule has 0 aliphatic heterocycles. The summed E-state index contributed by atoms with van der Waals surface area (Å²) in [6, 6.07) is 3.42. The molecule has 0 fully saturated rings. The first-order valence-corrected chi connectivity index (χ1v) is 5.30. The highest BCUT2D eigenvalue weighted by molar-refractivity contribution is 6.03. The zero-order valence-electron chi connectivity index (χ0n) is 9.94. The molecule has 0 atom stereocenters. The predicted octanol–water partition coefficient (Wildman–Crippen LogP) is 1.02. The highest BCUT2D eigenvalue weighted by atomic mass is 19.1. The molecule has 0 aliphatic rings. The van der Waals surface area contributed by atoms with Crippen molar-refractivity contribution >= 4 is 11.9 Å². The van der Waals surface area contributed by atoms with Gasteiger partial charge in [-0.15, -0.1) is 0 Å². The Kier molecular flexibility index (Phi) is 7.06. The van der Waals surface area contributed by atoms with Crippen molar-refractivity contribution in [1.29, 1.82) is 10.5 Å². The molecule has 6 nitrogen and oxygen atoms in total. The second-order valence-corrected chi connectivity index (χ2v) is 3.24. The Morgan fingerprint density at radius 3 is 1.78 bits per heavy atom. The third-order valence-electron chi connectivity index (χ3n) is 2.03. The van der Waals surface area contributed by atoms with E-state index in [1.54, 1.807) is 12.1 Å². The van der Waals surface area contributed by atoms with Gasteiger partial charge in [-0.3, -0.25) is 0 Å². The zero-order chi connectivity index (χ0) is 14.0. The minimum atomic E-state index is -2.88. The lowest BCUT2D eigenvalue weighted by Crippen LogP contribution is -2.44. The molecule has 0 aromatic carbocycles. The lowest BCUT2D eigenvalue weighted by atomic mass is 10.0. The molecule has 0 aliphatic carbocycles. The molecule has 7 heteroatoms. The summed E-state index contributed by atoms with van der Waals surface area (Å²) in [6.45, 7) is 0.718. The van der Waals surface area contributed by atoms with Crippen LogP contribution in [0.15, 0.2) is 0 Å². The molecule has 0 saturated heterocycles. The van der Waals surface area contributed by atoms with Gasteiger partial charge in [0.2, 0.25) is 0 Å². The van der Waals surface area contributed by atoms with Crippen LogP contribution in [0.5, 0.6) is 0 Å². The molecule has 0 spiro atoms. The fraction of sp³-hybridized carbons (Fsp3) is 0.636. The van der Waals surface area contributed by atoms with E-state index in [4.69, 9.17) is 10.5 Å². The molecule has 0 amide bonds. The summed E-state index contributed by atoms with van der Waals surface area (Å²) in [5, 5.41) is 16.5. The molecule has 0 aromatic rings. The lowest BCUT2D eigenvalue weighted by molar-refractivity contribution is -0.175. The number of ether oxygens (including phenoxy) is 2. The van der Waals surface area contributed by atoms with Crippen molar-refractivity contribution in [3.05, 3.63) is 0 Å². The Labute approximate surface area is 104 Å². The fourth-order valence-electron chi connectivity index (χ4n) is 0.980. The van der Waals surface area contributed by atoms with Crippen LogP contribution in [-0.2, 0) is 19.1 Å². The smallest absolute Gasteiger partial charge is 0.355 e. The second-order valence-electron chi connectivity index (χ2n) is 3.24. The van der Waals surface area contributed by atoms with Gasteiger partial charge in [-0.25, -0.2) is 14.0 Å². The molecule has 18 heavy (non-hydrogen) atoms. The normalized spacial score (nSPS) is 10.0. The maximum atomic E-state index is 14.0. The minimum absolute atomic E-state index is 0.0883. The topological polar surface area (TPSA) is 100 Å². The average molecular weight is 256 g/mol. The molecule has 0 N–H and O–H groups in total. The monoisotopic (exact) mass is 256 g/mol. The second kappa shape index (κ2) is 8.02. The SMILES string of the molecule is CCC(F)(C(=O)OCCC#N)C(=O)OCCC#N. The lowest BCUT2D eigenvalue weighted by Gasteiger charge is -2.19. The highest BCUT2D eigenvalue weighted by Gasteiger charge is 2.48. The van der Waals surface area contributed by atoms with Gasteiger partial charge in [0.1, 0.15) is 13.2 Å². The number of hydrogen-bond donors (Lipinski definition) is 0. The number of esters is 2.